The fourth-order valence-electron chi connectivity index (χ4n) is 2.09. The van der Waals surface area contributed by atoms with E-state index in [1.165, 1.54) is 6.33 Å². The van der Waals surface area contributed by atoms with Crippen molar-refractivity contribution in [3.05, 3.63) is 60.8 Å². The van der Waals surface area contributed by atoms with Crippen molar-refractivity contribution < 1.29 is 4.79 Å². The number of amides is 1. The van der Waals surface area contributed by atoms with E-state index in [0.29, 0.717) is 25.3 Å². The minimum Gasteiger partial charge on any atom is -0.311 e. The van der Waals surface area contributed by atoms with E-state index in [-0.39, 0.29) is 5.91 Å². The van der Waals surface area contributed by atoms with E-state index in [4.69, 9.17) is 0 Å². The quantitative estimate of drug-likeness (QED) is 0.748. The summed E-state index contributed by atoms with van der Waals surface area (Å²) >= 11 is 0. The van der Waals surface area contributed by atoms with E-state index in [1.54, 1.807) is 28.0 Å². The molecule has 0 radical (unpaired) electrons. The summed E-state index contributed by atoms with van der Waals surface area (Å²) in [7, 11) is 0. The Balaban J connectivity index is 1.58. The van der Waals surface area contributed by atoms with Gasteiger partial charge in [-0.15, -0.1) is 0 Å². The molecule has 0 aliphatic heterocycles. The highest BCUT2D eigenvalue weighted by atomic mass is 16.1. The average Bonchev–Trinajstić information content (AvgIpc) is 3.19. The van der Waals surface area contributed by atoms with Gasteiger partial charge in [0.15, 0.2) is 0 Å². The van der Waals surface area contributed by atoms with Crippen LogP contribution in [-0.4, -0.2) is 30.5 Å². The third kappa shape index (κ3) is 3.57. The van der Waals surface area contributed by atoms with Gasteiger partial charge in [0.25, 0.3) is 0 Å². The Kier molecular flexibility index (Phi) is 4.24. The number of nitrogens with zero attached hydrogens (tertiary/aromatic N) is 5. The van der Waals surface area contributed by atoms with Crippen molar-refractivity contribution in [2.24, 2.45) is 0 Å². The van der Waals surface area contributed by atoms with Gasteiger partial charge in [-0.1, -0.05) is 30.3 Å². The van der Waals surface area contributed by atoms with Crippen molar-refractivity contribution in [1.82, 2.24) is 24.5 Å². The molecule has 2 aromatic heterocycles. The first kappa shape index (κ1) is 14.0. The van der Waals surface area contributed by atoms with Crippen LogP contribution < -0.4 is 5.32 Å². The summed E-state index contributed by atoms with van der Waals surface area (Å²) in [6, 6.07) is 11.8. The van der Waals surface area contributed by atoms with Crippen LogP contribution in [0.4, 0.5) is 5.82 Å². The molecule has 0 bridgehead atoms. The van der Waals surface area contributed by atoms with Gasteiger partial charge in [-0.3, -0.25) is 9.48 Å². The molecule has 2 heterocycles. The number of rotatable bonds is 6. The number of carbonyl (C=O) groups excluding carboxylic acids is 1. The predicted molar refractivity (Wildman–Crippen MR) is 81.0 cm³/mol. The Bertz CT molecular complexity index is 720. The van der Waals surface area contributed by atoms with Crippen LogP contribution >= 0.6 is 0 Å². The topological polar surface area (TPSA) is 77.6 Å². The zero-order valence-corrected chi connectivity index (χ0v) is 12.0. The highest BCUT2D eigenvalue weighted by Crippen LogP contribution is 2.10. The molecule has 1 amide bonds. The molecule has 0 aliphatic rings. The molecule has 0 atom stereocenters. The van der Waals surface area contributed by atoms with Crippen LogP contribution in [0.25, 0.3) is 0 Å². The Hall–Kier alpha value is -2.96. The van der Waals surface area contributed by atoms with Gasteiger partial charge in [0.2, 0.25) is 5.91 Å². The second-order valence-corrected chi connectivity index (χ2v) is 4.82. The lowest BCUT2D eigenvalue weighted by atomic mass is 10.2. The van der Waals surface area contributed by atoms with Crippen molar-refractivity contribution >= 4 is 11.7 Å². The molecule has 0 saturated heterocycles. The third-order valence-electron chi connectivity index (χ3n) is 3.19. The Morgan fingerprint density at radius 3 is 2.77 bits per heavy atom. The SMILES string of the molecule is O=C(CCn1cncn1)Nc1ccnn1Cc1ccccc1. The average molecular weight is 296 g/mol. The summed E-state index contributed by atoms with van der Waals surface area (Å²) in [4.78, 5) is 15.8. The van der Waals surface area contributed by atoms with Gasteiger partial charge in [-0.05, 0) is 5.56 Å². The first-order valence-corrected chi connectivity index (χ1v) is 6.99. The van der Waals surface area contributed by atoms with Crippen LogP contribution in [0.3, 0.4) is 0 Å². The maximum absolute atomic E-state index is 12.0. The molecule has 0 unspecified atom stereocenters. The first-order valence-electron chi connectivity index (χ1n) is 6.99. The minimum atomic E-state index is -0.0784. The molecular weight excluding hydrogens is 280 g/mol. The van der Waals surface area contributed by atoms with E-state index in [2.05, 4.69) is 20.5 Å². The highest BCUT2D eigenvalue weighted by molar-refractivity contribution is 5.89. The van der Waals surface area contributed by atoms with Crippen molar-refractivity contribution in [3.8, 4) is 0 Å². The largest absolute Gasteiger partial charge is 0.311 e. The van der Waals surface area contributed by atoms with Crippen molar-refractivity contribution in [2.45, 2.75) is 19.5 Å². The molecule has 0 fully saturated rings. The number of hydrogen-bond acceptors (Lipinski definition) is 4. The van der Waals surface area contributed by atoms with Crippen LogP contribution in [-0.2, 0) is 17.9 Å². The Morgan fingerprint density at radius 2 is 2.00 bits per heavy atom. The Labute approximate surface area is 127 Å². The lowest BCUT2D eigenvalue weighted by Gasteiger charge is -2.09. The number of aryl methyl sites for hydroxylation is 1. The predicted octanol–water partition coefficient (Wildman–Crippen LogP) is 1.55. The second kappa shape index (κ2) is 6.66. The van der Waals surface area contributed by atoms with Gasteiger partial charge < -0.3 is 5.32 Å². The molecule has 0 aliphatic carbocycles. The highest BCUT2D eigenvalue weighted by Gasteiger charge is 2.08. The summed E-state index contributed by atoms with van der Waals surface area (Å²) in [5, 5.41) is 11.1. The van der Waals surface area contributed by atoms with Crippen LogP contribution in [0, 0.1) is 0 Å². The van der Waals surface area contributed by atoms with Gasteiger partial charge in [-0.25, -0.2) is 9.67 Å². The second-order valence-electron chi connectivity index (χ2n) is 4.82. The fraction of sp³-hybridized carbons (Fsp3) is 0.200. The number of nitrogens with one attached hydrogen (secondary N) is 1. The van der Waals surface area contributed by atoms with Gasteiger partial charge in [0, 0.05) is 12.5 Å². The summed E-state index contributed by atoms with van der Waals surface area (Å²) in [5.41, 5.74) is 1.13. The normalized spacial score (nSPS) is 10.5. The van der Waals surface area contributed by atoms with Gasteiger partial charge in [0.05, 0.1) is 19.3 Å². The third-order valence-corrected chi connectivity index (χ3v) is 3.19. The zero-order chi connectivity index (χ0) is 15.2. The smallest absolute Gasteiger partial charge is 0.227 e. The minimum absolute atomic E-state index is 0.0784. The molecule has 1 aromatic carbocycles. The maximum Gasteiger partial charge on any atom is 0.227 e. The van der Waals surface area contributed by atoms with Gasteiger partial charge in [0.1, 0.15) is 18.5 Å². The van der Waals surface area contributed by atoms with E-state index >= 15 is 0 Å². The van der Waals surface area contributed by atoms with Crippen LogP contribution in [0.1, 0.15) is 12.0 Å². The molecule has 3 rings (SSSR count). The molecule has 22 heavy (non-hydrogen) atoms. The lowest BCUT2D eigenvalue weighted by molar-refractivity contribution is -0.116. The molecule has 112 valence electrons. The Morgan fingerprint density at radius 1 is 1.14 bits per heavy atom. The lowest BCUT2D eigenvalue weighted by Crippen LogP contribution is -2.18. The van der Waals surface area contributed by atoms with E-state index in [1.807, 2.05) is 30.3 Å². The van der Waals surface area contributed by atoms with Crippen LogP contribution in [0.15, 0.2) is 55.2 Å². The van der Waals surface area contributed by atoms with E-state index in [0.717, 1.165) is 5.56 Å². The van der Waals surface area contributed by atoms with Crippen LogP contribution in [0.2, 0.25) is 0 Å². The fourth-order valence-corrected chi connectivity index (χ4v) is 2.09. The number of benzene rings is 1. The summed E-state index contributed by atoms with van der Waals surface area (Å²) < 4.78 is 3.39. The van der Waals surface area contributed by atoms with E-state index in [9.17, 15) is 4.79 Å². The number of carbonyl (C=O) groups is 1. The van der Waals surface area contributed by atoms with Crippen LogP contribution in [0.5, 0.6) is 0 Å². The zero-order valence-electron chi connectivity index (χ0n) is 12.0. The van der Waals surface area contributed by atoms with Gasteiger partial charge >= 0.3 is 0 Å². The molecule has 1 N–H and O–H groups in total. The number of hydrogen-bond donors (Lipinski definition) is 1. The molecular formula is C15H16N6O. The summed E-state index contributed by atoms with van der Waals surface area (Å²) in [6.07, 6.45) is 5.05. The van der Waals surface area contributed by atoms with E-state index < -0.39 is 0 Å². The molecule has 0 saturated carbocycles. The number of aromatic nitrogens is 5. The van der Waals surface area contributed by atoms with Crippen molar-refractivity contribution in [2.75, 3.05) is 5.32 Å². The summed E-state index contributed by atoms with van der Waals surface area (Å²) in [5.74, 6) is 0.609. The molecule has 3 aromatic rings. The summed E-state index contributed by atoms with van der Waals surface area (Å²) in [6.45, 7) is 1.12. The maximum atomic E-state index is 12.0. The van der Waals surface area contributed by atoms with Crippen molar-refractivity contribution in [3.63, 3.8) is 0 Å². The first-order chi connectivity index (χ1) is 10.8. The monoisotopic (exact) mass is 296 g/mol. The standard InChI is InChI=1S/C15H16N6O/c22-15(7-9-20-12-16-11-18-20)19-14-6-8-17-21(14)10-13-4-2-1-3-5-13/h1-6,8,11-12H,7,9-10H2,(H,19,22). The van der Waals surface area contributed by atoms with Gasteiger partial charge in [-0.2, -0.15) is 10.2 Å². The number of anilines is 1. The molecule has 7 heteroatoms. The molecule has 0 spiro atoms. The van der Waals surface area contributed by atoms with Crippen molar-refractivity contribution in [1.29, 1.82) is 0 Å². The molecule has 7 nitrogen and oxygen atoms in total.